The van der Waals surface area contributed by atoms with E-state index in [2.05, 4.69) is 42.9 Å². The van der Waals surface area contributed by atoms with Crippen molar-refractivity contribution >= 4 is 39.5 Å². The number of thioether (sulfide) groups is 1. The molecule has 2 aromatic rings. The molecule has 0 saturated carbocycles. The molecule has 132 valence electrons. The Balaban J connectivity index is 1.48. The summed E-state index contributed by atoms with van der Waals surface area (Å²) in [6, 6.07) is 10.3. The van der Waals surface area contributed by atoms with Crippen molar-refractivity contribution in [1.29, 1.82) is 0 Å². The third-order valence-corrected chi connectivity index (χ3v) is 5.78. The molecule has 5 nitrogen and oxygen atoms in total. The van der Waals surface area contributed by atoms with Gasteiger partial charge in [0.2, 0.25) is 11.9 Å². The summed E-state index contributed by atoms with van der Waals surface area (Å²) in [5, 5.41) is -0.0318. The van der Waals surface area contributed by atoms with Gasteiger partial charge in [0.15, 0.2) is 0 Å². The van der Waals surface area contributed by atoms with Crippen LogP contribution in [0.25, 0.3) is 0 Å². The van der Waals surface area contributed by atoms with Gasteiger partial charge in [-0.2, -0.15) is 0 Å². The fourth-order valence-electron chi connectivity index (χ4n) is 2.72. The molecule has 1 atom stereocenters. The fourth-order valence-corrected chi connectivity index (χ4v) is 3.85. The zero-order valence-electron chi connectivity index (χ0n) is 14.1. The number of amides is 1. The van der Waals surface area contributed by atoms with Crippen molar-refractivity contribution in [3.8, 4) is 0 Å². The molecule has 0 radical (unpaired) electrons. The van der Waals surface area contributed by atoms with Gasteiger partial charge in [0.25, 0.3) is 0 Å². The Morgan fingerprint density at radius 2 is 1.80 bits per heavy atom. The lowest BCUT2D eigenvalue weighted by Crippen LogP contribution is -2.51. The minimum atomic E-state index is -0.0318. The first-order valence-corrected chi connectivity index (χ1v) is 10.1. The van der Waals surface area contributed by atoms with Crippen LogP contribution in [-0.2, 0) is 10.5 Å². The molecule has 3 rings (SSSR count). The molecule has 0 N–H and O–H groups in total. The maximum atomic E-state index is 12.7. The molecule has 0 bridgehead atoms. The van der Waals surface area contributed by atoms with E-state index in [4.69, 9.17) is 0 Å². The molecule has 25 heavy (non-hydrogen) atoms. The fraction of sp³-hybridized carbons (Fsp3) is 0.389. The van der Waals surface area contributed by atoms with Gasteiger partial charge < -0.3 is 9.80 Å². The molecule has 1 amide bonds. The number of hydrogen-bond acceptors (Lipinski definition) is 5. The topological polar surface area (TPSA) is 49.3 Å². The molecule has 7 heteroatoms. The number of carbonyl (C=O) groups excluding carboxylic acids is 1. The summed E-state index contributed by atoms with van der Waals surface area (Å²) < 4.78 is 0.870. The van der Waals surface area contributed by atoms with E-state index in [9.17, 15) is 4.79 Å². The van der Waals surface area contributed by atoms with Crippen molar-refractivity contribution in [3.05, 3.63) is 52.8 Å². The number of halogens is 1. The van der Waals surface area contributed by atoms with Crippen LogP contribution in [0, 0.1) is 0 Å². The summed E-state index contributed by atoms with van der Waals surface area (Å²) in [5.41, 5.74) is 1.25. The summed E-state index contributed by atoms with van der Waals surface area (Å²) in [5.74, 6) is 1.81. The second-order valence-electron chi connectivity index (χ2n) is 5.95. The van der Waals surface area contributed by atoms with Crippen LogP contribution in [0.4, 0.5) is 5.95 Å². The minimum Gasteiger partial charge on any atom is -0.338 e. The first-order chi connectivity index (χ1) is 12.1. The average molecular weight is 421 g/mol. The van der Waals surface area contributed by atoms with E-state index in [-0.39, 0.29) is 11.2 Å². The zero-order chi connectivity index (χ0) is 17.6. The molecule has 1 unspecified atom stereocenters. The third-order valence-electron chi connectivity index (χ3n) is 4.17. The van der Waals surface area contributed by atoms with E-state index in [0.717, 1.165) is 29.3 Å². The van der Waals surface area contributed by atoms with Crippen molar-refractivity contribution in [2.24, 2.45) is 0 Å². The average Bonchev–Trinajstić information content (AvgIpc) is 2.67. The van der Waals surface area contributed by atoms with E-state index < -0.39 is 0 Å². The van der Waals surface area contributed by atoms with Gasteiger partial charge >= 0.3 is 0 Å². The molecule has 1 fully saturated rings. The Kier molecular flexibility index (Phi) is 6.31. The minimum absolute atomic E-state index is 0.0318. The molecule has 0 spiro atoms. The van der Waals surface area contributed by atoms with Crippen LogP contribution >= 0.6 is 27.7 Å². The highest BCUT2D eigenvalue weighted by Gasteiger charge is 2.26. The lowest BCUT2D eigenvalue weighted by Gasteiger charge is -2.35. The lowest BCUT2D eigenvalue weighted by molar-refractivity contribution is -0.130. The molecular weight excluding hydrogens is 400 g/mol. The third kappa shape index (κ3) is 4.95. The highest BCUT2D eigenvalue weighted by atomic mass is 79.9. The summed E-state index contributed by atoms with van der Waals surface area (Å²) in [6.07, 6.45) is 3.50. The highest BCUT2D eigenvalue weighted by Crippen LogP contribution is 2.20. The van der Waals surface area contributed by atoms with E-state index in [1.54, 1.807) is 24.2 Å². The standard InChI is InChI=1S/C18H21BrN4OS/c1-14(25-13-15-5-3-2-4-6-15)17(24)22-7-9-23(10-8-22)18-20-11-16(19)12-21-18/h2-6,11-12,14H,7-10,13H2,1H3. The number of benzene rings is 1. The van der Waals surface area contributed by atoms with Crippen LogP contribution in [0.2, 0.25) is 0 Å². The Morgan fingerprint density at radius 3 is 2.44 bits per heavy atom. The molecule has 1 aliphatic heterocycles. The van der Waals surface area contributed by atoms with Gasteiger partial charge in [-0.25, -0.2) is 9.97 Å². The van der Waals surface area contributed by atoms with Crippen molar-refractivity contribution in [3.63, 3.8) is 0 Å². The zero-order valence-corrected chi connectivity index (χ0v) is 16.5. The molecule has 1 saturated heterocycles. The first kappa shape index (κ1) is 18.2. The van der Waals surface area contributed by atoms with Gasteiger partial charge in [-0.15, -0.1) is 11.8 Å². The quantitative estimate of drug-likeness (QED) is 0.742. The van der Waals surface area contributed by atoms with Gasteiger partial charge in [-0.3, -0.25) is 4.79 Å². The predicted octanol–water partition coefficient (Wildman–Crippen LogP) is 3.21. The van der Waals surface area contributed by atoms with Gasteiger partial charge in [0.05, 0.1) is 9.72 Å². The predicted molar refractivity (Wildman–Crippen MR) is 106 cm³/mol. The number of piperazine rings is 1. The maximum absolute atomic E-state index is 12.7. The molecule has 2 heterocycles. The molecule has 0 aliphatic carbocycles. The molecule has 1 aliphatic rings. The smallest absolute Gasteiger partial charge is 0.235 e. The van der Waals surface area contributed by atoms with E-state index in [1.165, 1.54) is 5.56 Å². The maximum Gasteiger partial charge on any atom is 0.235 e. The SMILES string of the molecule is CC(SCc1ccccc1)C(=O)N1CCN(c2ncc(Br)cn2)CC1. The van der Waals surface area contributed by atoms with Crippen LogP contribution in [0.5, 0.6) is 0 Å². The van der Waals surface area contributed by atoms with E-state index >= 15 is 0 Å². The normalized spacial score (nSPS) is 15.9. The van der Waals surface area contributed by atoms with E-state index in [1.807, 2.05) is 30.0 Å². The van der Waals surface area contributed by atoms with Crippen LogP contribution in [-0.4, -0.2) is 52.2 Å². The van der Waals surface area contributed by atoms with Gasteiger partial charge in [-0.1, -0.05) is 30.3 Å². The molecular formula is C18H21BrN4OS. The van der Waals surface area contributed by atoms with Crippen molar-refractivity contribution < 1.29 is 4.79 Å². The van der Waals surface area contributed by atoms with Crippen LogP contribution in [0.1, 0.15) is 12.5 Å². The van der Waals surface area contributed by atoms with Gasteiger partial charge in [0, 0.05) is 44.3 Å². The van der Waals surface area contributed by atoms with Crippen molar-refractivity contribution in [2.45, 2.75) is 17.9 Å². The van der Waals surface area contributed by atoms with Crippen LogP contribution < -0.4 is 4.90 Å². The number of aromatic nitrogens is 2. The molecule has 1 aromatic heterocycles. The summed E-state index contributed by atoms with van der Waals surface area (Å²) in [7, 11) is 0. The van der Waals surface area contributed by atoms with Crippen LogP contribution in [0.15, 0.2) is 47.2 Å². The second-order valence-corrected chi connectivity index (χ2v) is 8.20. The number of carbonyl (C=O) groups is 1. The lowest BCUT2D eigenvalue weighted by atomic mass is 10.2. The Hall–Kier alpha value is -1.60. The van der Waals surface area contributed by atoms with Crippen LogP contribution in [0.3, 0.4) is 0 Å². The number of rotatable bonds is 5. The largest absolute Gasteiger partial charge is 0.338 e. The Bertz CT molecular complexity index is 690. The highest BCUT2D eigenvalue weighted by molar-refractivity contribution is 9.10. The first-order valence-electron chi connectivity index (χ1n) is 8.30. The number of hydrogen-bond donors (Lipinski definition) is 0. The second kappa shape index (κ2) is 8.67. The van der Waals surface area contributed by atoms with Gasteiger partial charge in [-0.05, 0) is 28.4 Å². The number of anilines is 1. The monoisotopic (exact) mass is 420 g/mol. The summed E-state index contributed by atoms with van der Waals surface area (Å²) in [4.78, 5) is 25.4. The molecule has 1 aromatic carbocycles. The summed E-state index contributed by atoms with van der Waals surface area (Å²) in [6.45, 7) is 4.97. The van der Waals surface area contributed by atoms with E-state index in [0.29, 0.717) is 13.1 Å². The summed E-state index contributed by atoms with van der Waals surface area (Å²) >= 11 is 5.04. The van der Waals surface area contributed by atoms with Crippen molar-refractivity contribution in [2.75, 3.05) is 31.1 Å². The number of nitrogens with zero attached hydrogens (tertiary/aromatic N) is 4. The van der Waals surface area contributed by atoms with Crippen molar-refractivity contribution in [1.82, 2.24) is 14.9 Å². The van der Waals surface area contributed by atoms with Gasteiger partial charge in [0.1, 0.15) is 0 Å². The Morgan fingerprint density at radius 1 is 1.16 bits per heavy atom. The Labute approximate surface area is 161 Å².